The second-order valence-electron chi connectivity index (χ2n) is 6.73. The molecule has 1 aromatic carbocycles. The van der Waals surface area contributed by atoms with Crippen LogP contribution in [0, 0.1) is 20.8 Å². The summed E-state index contributed by atoms with van der Waals surface area (Å²) in [6.45, 7) is 10.6. The molecule has 0 saturated carbocycles. The third-order valence-electron chi connectivity index (χ3n) is 4.95. The Hall–Kier alpha value is -0.860. The van der Waals surface area contributed by atoms with Crippen LogP contribution in [-0.4, -0.2) is 29.1 Å². The Morgan fingerprint density at radius 2 is 1.81 bits per heavy atom. The van der Waals surface area contributed by atoms with Crippen molar-refractivity contribution in [3.63, 3.8) is 0 Å². The summed E-state index contributed by atoms with van der Waals surface area (Å²) in [5.41, 5.74) is 4.87. The summed E-state index contributed by atoms with van der Waals surface area (Å²) in [7, 11) is 0. The number of benzene rings is 1. The minimum atomic E-state index is -0.363. The zero-order valence-electron chi connectivity index (χ0n) is 14.2. The summed E-state index contributed by atoms with van der Waals surface area (Å²) >= 11 is 0. The molecule has 0 radical (unpaired) electrons. The van der Waals surface area contributed by atoms with Crippen molar-refractivity contribution in [1.82, 2.24) is 4.90 Å². The van der Waals surface area contributed by atoms with Crippen LogP contribution >= 0.6 is 0 Å². The van der Waals surface area contributed by atoms with Gasteiger partial charge < -0.3 is 5.11 Å². The second kappa shape index (κ2) is 7.42. The molecule has 21 heavy (non-hydrogen) atoms. The highest BCUT2D eigenvalue weighted by atomic mass is 16.3. The maximum absolute atomic E-state index is 10.8. The Morgan fingerprint density at radius 3 is 2.43 bits per heavy atom. The van der Waals surface area contributed by atoms with Crippen molar-refractivity contribution in [3.8, 4) is 0 Å². The fourth-order valence-corrected chi connectivity index (χ4v) is 3.97. The first-order valence-corrected chi connectivity index (χ1v) is 8.52. The SMILES string of the molecule is CCC1CCCCCN1CC(O)c1c(C)cc(C)cc1C. The molecule has 1 aliphatic rings. The highest BCUT2D eigenvalue weighted by Gasteiger charge is 2.23. The van der Waals surface area contributed by atoms with Crippen LogP contribution in [0.4, 0.5) is 0 Å². The van der Waals surface area contributed by atoms with Crippen molar-refractivity contribution in [3.05, 3.63) is 34.4 Å². The van der Waals surface area contributed by atoms with E-state index < -0.39 is 0 Å². The molecule has 1 aromatic rings. The molecule has 2 rings (SSSR count). The van der Waals surface area contributed by atoms with E-state index in [0.29, 0.717) is 6.04 Å². The van der Waals surface area contributed by atoms with Crippen LogP contribution in [0.5, 0.6) is 0 Å². The van der Waals surface area contributed by atoms with Gasteiger partial charge in [0, 0.05) is 12.6 Å². The van der Waals surface area contributed by atoms with Crippen molar-refractivity contribution < 1.29 is 5.11 Å². The summed E-state index contributed by atoms with van der Waals surface area (Å²) in [5.74, 6) is 0. The molecule has 2 atom stereocenters. The van der Waals surface area contributed by atoms with E-state index >= 15 is 0 Å². The number of hydrogen-bond acceptors (Lipinski definition) is 2. The van der Waals surface area contributed by atoms with Crippen molar-refractivity contribution in [2.24, 2.45) is 0 Å². The maximum atomic E-state index is 10.8. The molecular formula is C19H31NO. The molecule has 2 heteroatoms. The average Bonchev–Trinajstić information content (AvgIpc) is 2.62. The van der Waals surface area contributed by atoms with Crippen LogP contribution in [-0.2, 0) is 0 Å². The van der Waals surface area contributed by atoms with Gasteiger partial charge in [-0.15, -0.1) is 0 Å². The lowest BCUT2D eigenvalue weighted by molar-refractivity contribution is 0.0857. The Labute approximate surface area is 130 Å². The molecule has 1 N–H and O–H groups in total. The minimum absolute atomic E-state index is 0.363. The van der Waals surface area contributed by atoms with E-state index in [4.69, 9.17) is 0 Å². The number of aryl methyl sites for hydroxylation is 3. The van der Waals surface area contributed by atoms with Crippen LogP contribution in [0.15, 0.2) is 12.1 Å². The highest BCUT2D eigenvalue weighted by molar-refractivity contribution is 5.39. The lowest BCUT2D eigenvalue weighted by Gasteiger charge is -2.32. The standard InChI is InChI=1S/C19H31NO/c1-5-17-9-7-6-8-10-20(17)13-18(21)19-15(3)11-14(2)12-16(19)4/h11-12,17-18,21H,5-10,13H2,1-4H3. The molecule has 1 saturated heterocycles. The predicted molar refractivity (Wildman–Crippen MR) is 89.7 cm³/mol. The van der Waals surface area contributed by atoms with E-state index in [0.717, 1.165) is 18.7 Å². The van der Waals surface area contributed by atoms with Crippen LogP contribution < -0.4 is 0 Å². The molecule has 1 aliphatic heterocycles. The molecular weight excluding hydrogens is 258 g/mol. The third-order valence-corrected chi connectivity index (χ3v) is 4.95. The van der Waals surface area contributed by atoms with Gasteiger partial charge in [0.1, 0.15) is 0 Å². The van der Waals surface area contributed by atoms with Gasteiger partial charge in [0.25, 0.3) is 0 Å². The first-order chi connectivity index (χ1) is 10.0. The molecule has 0 aliphatic carbocycles. The van der Waals surface area contributed by atoms with Crippen LogP contribution in [0.2, 0.25) is 0 Å². The number of hydrogen-bond donors (Lipinski definition) is 1. The van der Waals surface area contributed by atoms with Crippen molar-refractivity contribution in [1.29, 1.82) is 0 Å². The molecule has 118 valence electrons. The van der Waals surface area contributed by atoms with Crippen molar-refractivity contribution >= 4 is 0 Å². The lowest BCUT2D eigenvalue weighted by Crippen LogP contribution is -2.37. The summed E-state index contributed by atoms with van der Waals surface area (Å²) < 4.78 is 0. The Bertz CT molecular complexity index is 446. The van der Waals surface area contributed by atoms with Gasteiger partial charge in [0.05, 0.1) is 6.10 Å². The first-order valence-electron chi connectivity index (χ1n) is 8.52. The van der Waals surface area contributed by atoms with E-state index in [1.807, 2.05) is 0 Å². The van der Waals surface area contributed by atoms with E-state index in [1.165, 1.54) is 48.8 Å². The molecule has 1 fully saturated rings. The van der Waals surface area contributed by atoms with Crippen LogP contribution in [0.25, 0.3) is 0 Å². The lowest BCUT2D eigenvalue weighted by atomic mass is 9.95. The smallest absolute Gasteiger partial charge is 0.0922 e. The first kappa shape index (κ1) is 16.5. The molecule has 0 amide bonds. The van der Waals surface area contributed by atoms with Gasteiger partial charge in [-0.25, -0.2) is 0 Å². The van der Waals surface area contributed by atoms with Crippen molar-refractivity contribution in [2.75, 3.05) is 13.1 Å². The zero-order chi connectivity index (χ0) is 15.4. The topological polar surface area (TPSA) is 23.5 Å². The van der Waals surface area contributed by atoms with Gasteiger partial charge in [-0.2, -0.15) is 0 Å². The largest absolute Gasteiger partial charge is 0.387 e. The van der Waals surface area contributed by atoms with E-state index in [1.54, 1.807) is 0 Å². The van der Waals surface area contributed by atoms with E-state index in [-0.39, 0.29) is 6.10 Å². The van der Waals surface area contributed by atoms with Gasteiger partial charge in [-0.3, -0.25) is 4.90 Å². The Kier molecular flexibility index (Phi) is 5.83. The summed E-state index contributed by atoms with van der Waals surface area (Å²) in [6, 6.07) is 5.02. The molecule has 2 nitrogen and oxygen atoms in total. The highest BCUT2D eigenvalue weighted by Crippen LogP contribution is 2.27. The maximum Gasteiger partial charge on any atom is 0.0922 e. The molecule has 0 bridgehead atoms. The number of aliphatic hydroxyl groups is 1. The summed E-state index contributed by atoms with van der Waals surface area (Å²) in [5, 5.41) is 10.8. The molecule has 0 spiro atoms. The predicted octanol–water partition coefficient (Wildman–Crippen LogP) is 4.30. The van der Waals surface area contributed by atoms with Gasteiger partial charge >= 0.3 is 0 Å². The third kappa shape index (κ3) is 4.08. The molecule has 0 aromatic heterocycles. The fourth-order valence-electron chi connectivity index (χ4n) is 3.97. The van der Waals surface area contributed by atoms with Gasteiger partial charge in [0.15, 0.2) is 0 Å². The number of rotatable bonds is 4. The summed E-state index contributed by atoms with van der Waals surface area (Å²) in [6.07, 6.45) is 6.07. The zero-order valence-corrected chi connectivity index (χ0v) is 14.2. The van der Waals surface area contributed by atoms with E-state index in [9.17, 15) is 5.11 Å². The molecule has 1 heterocycles. The average molecular weight is 289 g/mol. The summed E-state index contributed by atoms with van der Waals surface area (Å²) in [4.78, 5) is 2.52. The quantitative estimate of drug-likeness (QED) is 0.893. The monoisotopic (exact) mass is 289 g/mol. The van der Waals surface area contributed by atoms with Gasteiger partial charge in [-0.05, 0) is 63.3 Å². The van der Waals surface area contributed by atoms with E-state index in [2.05, 4.69) is 44.7 Å². The van der Waals surface area contributed by atoms with Gasteiger partial charge in [-0.1, -0.05) is 37.5 Å². The number of aliphatic hydroxyl groups excluding tert-OH is 1. The molecule has 2 unspecified atom stereocenters. The normalized spacial score (nSPS) is 22.0. The van der Waals surface area contributed by atoms with Crippen molar-refractivity contribution in [2.45, 2.75) is 71.9 Å². The number of likely N-dealkylation sites (tertiary alicyclic amines) is 1. The van der Waals surface area contributed by atoms with Crippen LogP contribution in [0.3, 0.4) is 0 Å². The number of β-amino-alcohol motifs (C(OH)–C–C–N with tert-alkyl or cyclic N) is 1. The van der Waals surface area contributed by atoms with Gasteiger partial charge in [0.2, 0.25) is 0 Å². The second-order valence-corrected chi connectivity index (χ2v) is 6.73. The van der Waals surface area contributed by atoms with Crippen LogP contribution in [0.1, 0.15) is 67.4 Å². The number of nitrogens with zero attached hydrogens (tertiary/aromatic N) is 1. The fraction of sp³-hybridized carbons (Fsp3) is 0.684. The Balaban J connectivity index is 2.14. The minimum Gasteiger partial charge on any atom is -0.387 e. The Morgan fingerprint density at radius 1 is 1.14 bits per heavy atom.